The average molecular weight is 139 g/mol. The summed E-state index contributed by atoms with van der Waals surface area (Å²) in [7, 11) is 0. The molecule has 1 nitrogen and oxygen atoms in total. The monoisotopic (exact) mass is 139 g/mol. The van der Waals surface area contributed by atoms with E-state index in [9.17, 15) is 0 Å². The molecule has 0 saturated heterocycles. The van der Waals surface area contributed by atoms with E-state index in [1.165, 1.54) is 25.0 Å². The molecular formula is C9H17N. The fourth-order valence-corrected chi connectivity index (χ4v) is 1.36. The van der Waals surface area contributed by atoms with Crippen LogP contribution in [0.1, 0.15) is 33.6 Å². The summed E-state index contributed by atoms with van der Waals surface area (Å²) >= 11 is 0. The minimum atomic E-state index is 0.676. The summed E-state index contributed by atoms with van der Waals surface area (Å²) in [5.74, 6) is 0. The Morgan fingerprint density at radius 1 is 1.50 bits per heavy atom. The molecule has 1 aliphatic rings. The van der Waals surface area contributed by atoms with Gasteiger partial charge in [-0.2, -0.15) is 0 Å². The lowest BCUT2D eigenvalue weighted by Gasteiger charge is -2.29. The van der Waals surface area contributed by atoms with Gasteiger partial charge in [-0.1, -0.05) is 5.57 Å². The van der Waals surface area contributed by atoms with Gasteiger partial charge in [0.05, 0.1) is 0 Å². The molecule has 0 aromatic rings. The van der Waals surface area contributed by atoms with Gasteiger partial charge in [-0.05, 0) is 39.8 Å². The van der Waals surface area contributed by atoms with E-state index in [1.807, 2.05) is 0 Å². The van der Waals surface area contributed by atoms with Crippen LogP contribution in [-0.4, -0.2) is 17.5 Å². The zero-order valence-electron chi connectivity index (χ0n) is 7.22. The maximum absolute atomic E-state index is 2.42. The summed E-state index contributed by atoms with van der Waals surface area (Å²) in [4.78, 5) is 2.42. The largest absolute Gasteiger partial charge is 0.375 e. The highest BCUT2D eigenvalue weighted by molar-refractivity contribution is 5.01. The molecular weight excluding hydrogens is 122 g/mol. The first-order valence-corrected chi connectivity index (χ1v) is 4.13. The van der Waals surface area contributed by atoms with E-state index in [4.69, 9.17) is 0 Å². The molecule has 0 aliphatic carbocycles. The first-order chi connectivity index (χ1) is 4.70. The van der Waals surface area contributed by atoms with Gasteiger partial charge in [0.15, 0.2) is 0 Å². The Hall–Kier alpha value is -0.460. The summed E-state index contributed by atoms with van der Waals surface area (Å²) in [5, 5.41) is 0. The van der Waals surface area contributed by atoms with E-state index in [1.54, 1.807) is 0 Å². The normalized spacial score (nSPS) is 19.6. The molecule has 1 rings (SSSR count). The van der Waals surface area contributed by atoms with Gasteiger partial charge in [-0.25, -0.2) is 0 Å². The summed E-state index contributed by atoms with van der Waals surface area (Å²) < 4.78 is 0. The Morgan fingerprint density at radius 2 is 2.20 bits per heavy atom. The first kappa shape index (κ1) is 7.64. The topological polar surface area (TPSA) is 3.24 Å². The third-order valence-electron chi connectivity index (χ3n) is 2.04. The SMILES string of the molecule is CC1=CN(C(C)C)CCC1. The van der Waals surface area contributed by atoms with Crippen LogP contribution < -0.4 is 0 Å². The van der Waals surface area contributed by atoms with Gasteiger partial charge in [0.2, 0.25) is 0 Å². The molecule has 0 unspecified atom stereocenters. The Bertz CT molecular complexity index is 136. The van der Waals surface area contributed by atoms with Crippen LogP contribution in [-0.2, 0) is 0 Å². The molecule has 10 heavy (non-hydrogen) atoms. The van der Waals surface area contributed by atoms with Crippen LogP contribution >= 0.6 is 0 Å². The summed E-state index contributed by atoms with van der Waals surface area (Å²) in [6.07, 6.45) is 4.93. The summed E-state index contributed by atoms with van der Waals surface area (Å²) in [6.45, 7) is 7.95. The number of hydrogen-bond acceptors (Lipinski definition) is 1. The first-order valence-electron chi connectivity index (χ1n) is 4.13. The van der Waals surface area contributed by atoms with Gasteiger partial charge in [0.1, 0.15) is 0 Å². The van der Waals surface area contributed by atoms with E-state index in [-0.39, 0.29) is 0 Å². The number of hydrogen-bond donors (Lipinski definition) is 0. The molecule has 0 fully saturated rings. The molecule has 1 heteroatoms. The molecule has 58 valence electrons. The molecule has 0 radical (unpaired) electrons. The predicted molar refractivity (Wildman–Crippen MR) is 44.8 cm³/mol. The zero-order valence-corrected chi connectivity index (χ0v) is 7.22. The standard InChI is InChI=1S/C9H17N/c1-8(2)10-6-4-5-9(3)7-10/h7-8H,4-6H2,1-3H3. The fourth-order valence-electron chi connectivity index (χ4n) is 1.36. The molecule has 0 atom stereocenters. The van der Waals surface area contributed by atoms with Crippen LogP contribution in [0, 0.1) is 0 Å². The van der Waals surface area contributed by atoms with Crippen LogP contribution in [0.25, 0.3) is 0 Å². The lowest BCUT2D eigenvalue weighted by molar-refractivity contribution is 0.290. The van der Waals surface area contributed by atoms with Crippen molar-refractivity contribution in [3.63, 3.8) is 0 Å². The van der Waals surface area contributed by atoms with E-state index in [2.05, 4.69) is 31.9 Å². The van der Waals surface area contributed by atoms with Gasteiger partial charge >= 0.3 is 0 Å². The molecule has 0 bridgehead atoms. The second-order valence-corrected chi connectivity index (χ2v) is 3.41. The maximum atomic E-state index is 2.42. The number of rotatable bonds is 1. The van der Waals surface area contributed by atoms with Crippen molar-refractivity contribution in [1.82, 2.24) is 4.90 Å². The van der Waals surface area contributed by atoms with E-state index >= 15 is 0 Å². The van der Waals surface area contributed by atoms with Crippen LogP contribution in [0.4, 0.5) is 0 Å². The van der Waals surface area contributed by atoms with Crippen LogP contribution in [0.5, 0.6) is 0 Å². The molecule has 0 saturated carbocycles. The quantitative estimate of drug-likeness (QED) is 0.539. The van der Waals surface area contributed by atoms with Crippen molar-refractivity contribution in [1.29, 1.82) is 0 Å². The van der Waals surface area contributed by atoms with Gasteiger partial charge in [0, 0.05) is 12.6 Å². The third-order valence-corrected chi connectivity index (χ3v) is 2.04. The van der Waals surface area contributed by atoms with Crippen LogP contribution in [0.3, 0.4) is 0 Å². The molecule has 1 heterocycles. The van der Waals surface area contributed by atoms with Gasteiger partial charge in [-0.15, -0.1) is 0 Å². The maximum Gasteiger partial charge on any atom is 0.0227 e. The predicted octanol–water partition coefficient (Wildman–Crippen LogP) is 2.39. The number of allylic oxidation sites excluding steroid dienone is 1. The Labute approximate surface area is 63.7 Å². The lowest BCUT2D eigenvalue weighted by Crippen LogP contribution is -2.29. The van der Waals surface area contributed by atoms with E-state index in [0.29, 0.717) is 6.04 Å². The second-order valence-electron chi connectivity index (χ2n) is 3.41. The molecule has 0 amide bonds. The highest BCUT2D eigenvalue weighted by Crippen LogP contribution is 2.15. The number of nitrogens with zero attached hydrogens (tertiary/aromatic N) is 1. The van der Waals surface area contributed by atoms with Gasteiger partial charge in [0.25, 0.3) is 0 Å². The van der Waals surface area contributed by atoms with Crippen molar-refractivity contribution in [3.8, 4) is 0 Å². The van der Waals surface area contributed by atoms with E-state index in [0.717, 1.165) is 0 Å². The van der Waals surface area contributed by atoms with Gasteiger partial charge < -0.3 is 4.90 Å². The Kier molecular flexibility index (Phi) is 2.36. The fraction of sp³-hybridized carbons (Fsp3) is 0.778. The van der Waals surface area contributed by atoms with E-state index < -0.39 is 0 Å². The minimum Gasteiger partial charge on any atom is -0.375 e. The van der Waals surface area contributed by atoms with Crippen molar-refractivity contribution in [3.05, 3.63) is 11.8 Å². The highest BCUT2D eigenvalue weighted by atomic mass is 15.1. The lowest BCUT2D eigenvalue weighted by atomic mass is 10.1. The molecule has 0 aromatic carbocycles. The van der Waals surface area contributed by atoms with Crippen molar-refractivity contribution in [2.45, 2.75) is 39.7 Å². The second kappa shape index (κ2) is 3.09. The smallest absolute Gasteiger partial charge is 0.0227 e. The Balaban J connectivity index is 2.53. The molecule has 0 aromatic heterocycles. The summed E-state index contributed by atoms with van der Waals surface area (Å²) in [5.41, 5.74) is 1.53. The van der Waals surface area contributed by atoms with Gasteiger partial charge in [-0.3, -0.25) is 0 Å². The average Bonchev–Trinajstić information content (AvgIpc) is 1.88. The third kappa shape index (κ3) is 1.76. The summed E-state index contributed by atoms with van der Waals surface area (Å²) in [6, 6.07) is 0.676. The van der Waals surface area contributed by atoms with Crippen molar-refractivity contribution in [2.75, 3.05) is 6.54 Å². The van der Waals surface area contributed by atoms with Crippen LogP contribution in [0.2, 0.25) is 0 Å². The molecule has 0 N–H and O–H groups in total. The van der Waals surface area contributed by atoms with Crippen molar-refractivity contribution in [2.24, 2.45) is 0 Å². The highest BCUT2D eigenvalue weighted by Gasteiger charge is 2.08. The zero-order chi connectivity index (χ0) is 7.56. The minimum absolute atomic E-state index is 0.676. The molecule has 0 spiro atoms. The van der Waals surface area contributed by atoms with Crippen molar-refractivity contribution < 1.29 is 0 Å². The van der Waals surface area contributed by atoms with Crippen LogP contribution in [0.15, 0.2) is 11.8 Å². The van der Waals surface area contributed by atoms with Crippen molar-refractivity contribution >= 4 is 0 Å². The Morgan fingerprint density at radius 3 is 2.60 bits per heavy atom. The molecule has 1 aliphatic heterocycles.